The lowest BCUT2D eigenvalue weighted by Crippen LogP contribution is -2.03. The third-order valence-electron chi connectivity index (χ3n) is 3.44. The second kappa shape index (κ2) is 7.55. The molecule has 0 aliphatic heterocycles. The number of nitrogens with one attached hydrogen (secondary N) is 3. The summed E-state index contributed by atoms with van der Waals surface area (Å²) in [5.41, 5.74) is 1.60. The molecule has 0 fully saturated rings. The normalized spacial score (nSPS) is 10.3. The van der Waals surface area contributed by atoms with Gasteiger partial charge in [0.25, 0.3) is 0 Å². The number of methoxy groups -OCH3 is 3. The van der Waals surface area contributed by atoms with Gasteiger partial charge in [-0.2, -0.15) is 10.1 Å². The number of benzene rings is 1. The van der Waals surface area contributed by atoms with Gasteiger partial charge in [0.05, 0.1) is 21.3 Å². The molecule has 0 bridgehead atoms. The summed E-state index contributed by atoms with van der Waals surface area (Å²) in [5.74, 6) is 2.88. The van der Waals surface area contributed by atoms with Crippen molar-refractivity contribution in [3.05, 3.63) is 30.2 Å². The van der Waals surface area contributed by atoms with E-state index in [1.54, 1.807) is 33.5 Å². The lowest BCUT2D eigenvalue weighted by atomic mass is 10.2. The SMILES string of the molecule is COc1cc(Nc2ncnc(Nc3cc(C)[nH]n3)n2)cc(OC)c1OC. The summed E-state index contributed by atoms with van der Waals surface area (Å²) in [7, 11) is 4.66. The van der Waals surface area contributed by atoms with Crippen LogP contribution in [-0.4, -0.2) is 46.5 Å². The highest BCUT2D eigenvalue weighted by molar-refractivity contribution is 5.66. The standard InChI is InChI=1S/C16H19N7O3/c1-9-5-13(23-22-9)20-16-18-8-17-15(21-16)19-10-6-11(24-2)14(26-4)12(7-10)25-3/h5-8H,1-4H3,(H3,17,18,19,20,21,22,23). The second-order valence-corrected chi connectivity index (χ2v) is 5.23. The van der Waals surface area contributed by atoms with Crippen molar-refractivity contribution in [3.63, 3.8) is 0 Å². The van der Waals surface area contributed by atoms with Crippen LogP contribution in [0.4, 0.5) is 23.4 Å². The molecule has 10 heteroatoms. The topological polar surface area (TPSA) is 119 Å². The lowest BCUT2D eigenvalue weighted by molar-refractivity contribution is 0.324. The van der Waals surface area contributed by atoms with Crippen LogP contribution in [-0.2, 0) is 0 Å². The monoisotopic (exact) mass is 357 g/mol. The fraction of sp³-hybridized carbons (Fsp3) is 0.250. The van der Waals surface area contributed by atoms with E-state index in [0.717, 1.165) is 5.69 Å². The molecule has 0 amide bonds. The fourth-order valence-electron chi connectivity index (χ4n) is 2.30. The van der Waals surface area contributed by atoms with E-state index in [1.165, 1.54) is 6.33 Å². The molecule has 0 atom stereocenters. The molecule has 0 saturated carbocycles. The number of rotatable bonds is 7. The van der Waals surface area contributed by atoms with Crippen molar-refractivity contribution in [1.82, 2.24) is 25.1 Å². The van der Waals surface area contributed by atoms with Gasteiger partial charge in [-0.1, -0.05) is 0 Å². The highest BCUT2D eigenvalue weighted by Gasteiger charge is 2.14. The maximum atomic E-state index is 5.34. The number of hydrogen-bond donors (Lipinski definition) is 3. The molecule has 2 heterocycles. The summed E-state index contributed by atoms with van der Waals surface area (Å²) >= 11 is 0. The molecule has 0 radical (unpaired) electrons. The molecule has 0 saturated heterocycles. The van der Waals surface area contributed by atoms with Gasteiger partial charge >= 0.3 is 0 Å². The van der Waals surface area contributed by atoms with Gasteiger partial charge in [0.2, 0.25) is 17.6 Å². The zero-order chi connectivity index (χ0) is 18.5. The van der Waals surface area contributed by atoms with Crippen LogP contribution in [0.5, 0.6) is 17.2 Å². The molecule has 3 rings (SSSR count). The first-order valence-corrected chi connectivity index (χ1v) is 7.68. The van der Waals surface area contributed by atoms with Crippen molar-refractivity contribution in [1.29, 1.82) is 0 Å². The summed E-state index contributed by atoms with van der Waals surface area (Å²) < 4.78 is 16.0. The number of aromatic nitrogens is 5. The maximum absolute atomic E-state index is 5.34. The number of aromatic amines is 1. The molecule has 0 unspecified atom stereocenters. The van der Waals surface area contributed by atoms with Crippen LogP contribution < -0.4 is 24.8 Å². The number of ether oxygens (including phenoxy) is 3. The van der Waals surface area contributed by atoms with Gasteiger partial charge in [-0.15, -0.1) is 0 Å². The molecule has 0 spiro atoms. The van der Waals surface area contributed by atoms with Gasteiger partial charge in [-0.3, -0.25) is 5.10 Å². The quantitative estimate of drug-likeness (QED) is 0.585. The van der Waals surface area contributed by atoms with Crippen molar-refractivity contribution < 1.29 is 14.2 Å². The first kappa shape index (κ1) is 17.3. The Bertz CT molecular complexity index is 872. The third-order valence-corrected chi connectivity index (χ3v) is 3.44. The second-order valence-electron chi connectivity index (χ2n) is 5.23. The molecule has 1 aromatic carbocycles. The van der Waals surface area contributed by atoms with E-state index in [0.29, 0.717) is 40.7 Å². The number of hydrogen-bond acceptors (Lipinski definition) is 9. The Morgan fingerprint density at radius 3 is 2.08 bits per heavy atom. The van der Waals surface area contributed by atoms with Gasteiger partial charge in [0, 0.05) is 29.6 Å². The summed E-state index contributed by atoms with van der Waals surface area (Å²) in [6.07, 6.45) is 1.40. The molecule has 2 aromatic heterocycles. The summed E-state index contributed by atoms with van der Waals surface area (Å²) in [4.78, 5) is 12.5. The number of aryl methyl sites for hydroxylation is 1. The Kier molecular flexibility index (Phi) is 5.02. The highest BCUT2D eigenvalue weighted by atomic mass is 16.5. The maximum Gasteiger partial charge on any atom is 0.233 e. The lowest BCUT2D eigenvalue weighted by Gasteiger charge is -2.14. The molecule has 3 N–H and O–H groups in total. The first-order chi connectivity index (χ1) is 12.6. The Hall–Kier alpha value is -3.56. The number of anilines is 4. The Morgan fingerprint density at radius 1 is 0.885 bits per heavy atom. The highest BCUT2D eigenvalue weighted by Crippen LogP contribution is 2.40. The van der Waals surface area contributed by atoms with Crippen LogP contribution in [0.2, 0.25) is 0 Å². The van der Waals surface area contributed by atoms with Crippen LogP contribution in [0.15, 0.2) is 24.5 Å². The van der Waals surface area contributed by atoms with Crippen LogP contribution in [0.3, 0.4) is 0 Å². The third kappa shape index (κ3) is 3.74. The molecular formula is C16H19N7O3. The van der Waals surface area contributed by atoms with Crippen molar-refractivity contribution in [3.8, 4) is 17.2 Å². The van der Waals surface area contributed by atoms with Crippen molar-refractivity contribution in [2.45, 2.75) is 6.92 Å². The number of nitrogens with zero attached hydrogens (tertiary/aromatic N) is 4. The van der Waals surface area contributed by atoms with Gasteiger partial charge in [0.15, 0.2) is 17.3 Å². The average molecular weight is 357 g/mol. The van der Waals surface area contributed by atoms with Gasteiger partial charge < -0.3 is 24.8 Å². The zero-order valence-electron chi connectivity index (χ0n) is 14.8. The molecule has 3 aromatic rings. The summed E-state index contributed by atoms with van der Waals surface area (Å²) in [6.45, 7) is 1.91. The Morgan fingerprint density at radius 2 is 1.54 bits per heavy atom. The van der Waals surface area contributed by atoms with Gasteiger partial charge in [-0.25, -0.2) is 9.97 Å². The Balaban J connectivity index is 1.83. The van der Waals surface area contributed by atoms with E-state index in [-0.39, 0.29) is 0 Å². The predicted molar refractivity (Wildman–Crippen MR) is 95.8 cm³/mol. The minimum atomic E-state index is 0.351. The van der Waals surface area contributed by atoms with E-state index >= 15 is 0 Å². The van der Waals surface area contributed by atoms with E-state index in [9.17, 15) is 0 Å². The summed E-state index contributed by atoms with van der Waals surface area (Å²) in [5, 5.41) is 13.0. The predicted octanol–water partition coefficient (Wildman–Crippen LogP) is 2.42. The van der Waals surface area contributed by atoms with E-state index < -0.39 is 0 Å². The van der Waals surface area contributed by atoms with E-state index in [2.05, 4.69) is 35.8 Å². The average Bonchev–Trinajstić information content (AvgIpc) is 3.05. The smallest absolute Gasteiger partial charge is 0.233 e. The van der Waals surface area contributed by atoms with Crippen molar-refractivity contribution in [2.24, 2.45) is 0 Å². The molecular weight excluding hydrogens is 338 g/mol. The molecule has 136 valence electrons. The van der Waals surface area contributed by atoms with Crippen LogP contribution in [0, 0.1) is 6.92 Å². The van der Waals surface area contributed by atoms with Crippen LogP contribution in [0.1, 0.15) is 5.69 Å². The van der Waals surface area contributed by atoms with E-state index in [1.807, 2.05) is 13.0 Å². The molecule has 26 heavy (non-hydrogen) atoms. The van der Waals surface area contributed by atoms with Crippen LogP contribution >= 0.6 is 0 Å². The summed E-state index contributed by atoms with van der Waals surface area (Å²) in [6, 6.07) is 5.36. The Labute approximate surface area is 150 Å². The minimum absolute atomic E-state index is 0.351. The van der Waals surface area contributed by atoms with E-state index in [4.69, 9.17) is 14.2 Å². The van der Waals surface area contributed by atoms with Gasteiger partial charge in [0.1, 0.15) is 6.33 Å². The molecule has 0 aliphatic carbocycles. The first-order valence-electron chi connectivity index (χ1n) is 7.68. The minimum Gasteiger partial charge on any atom is -0.493 e. The fourth-order valence-corrected chi connectivity index (χ4v) is 2.30. The van der Waals surface area contributed by atoms with Crippen molar-refractivity contribution >= 4 is 23.4 Å². The largest absolute Gasteiger partial charge is 0.493 e. The van der Waals surface area contributed by atoms with Crippen molar-refractivity contribution in [2.75, 3.05) is 32.0 Å². The molecule has 10 nitrogen and oxygen atoms in total. The molecule has 0 aliphatic rings. The zero-order valence-corrected chi connectivity index (χ0v) is 14.8. The van der Waals surface area contributed by atoms with Crippen LogP contribution in [0.25, 0.3) is 0 Å². The number of H-pyrrole nitrogens is 1. The van der Waals surface area contributed by atoms with Gasteiger partial charge in [-0.05, 0) is 6.92 Å².